The number of fused-ring (bicyclic) bond motifs is 2. The lowest BCUT2D eigenvalue weighted by molar-refractivity contribution is 0.174. The van der Waals surface area contributed by atoms with E-state index in [0.717, 1.165) is 0 Å². The van der Waals surface area contributed by atoms with Gasteiger partial charge in [0.25, 0.3) is 5.89 Å². The summed E-state index contributed by atoms with van der Waals surface area (Å²) in [6.07, 6.45) is 0. The molecule has 0 atom stereocenters. The van der Waals surface area contributed by atoms with Crippen LogP contribution in [-0.2, 0) is 0 Å². The van der Waals surface area contributed by atoms with Gasteiger partial charge < -0.3 is 23.2 Å². The van der Waals surface area contributed by atoms with Gasteiger partial charge in [0.15, 0.2) is 11.5 Å². The van der Waals surface area contributed by atoms with Gasteiger partial charge in [0.05, 0.1) is 7.11 Å². The zero-order chi connectivity index (χ0) is 18.4. The Kier molecular flexibility index (Phi) is 3.36. The van der Waals surface area contributed by atoms with E-state index in [1.807, 2.05) is 0 Å². The fourth-order valence-corrected chi connectivity index (χ4v) is 2.85. The lowest BCUT2D eigenvalue weighted by Gasteiger charge is -2.02. The molecule has 5 rings (SSSR count). The molecule has 0 spiro atoms. The number of nitrogens with zero attached hydrogens (tertiary/aromatic N) is 2. The van der Waals surface area contributed by atoms with Crippen LogP contribution >= 0.6 is 0 Å². The third-order valence-corrected chi connectivity index (χ3v) is 4.23. The van der Waals surface area contributed by atoms with Crippen molar-refractivity contribution in [1.29, 1.82) is 0 Å². The third-order valence-electron chi connectivity index (χ3n) is 4.23. The maximum absolute atomic E-state index is 12.4. The number of rotatable bonds is 3. The molecule has 1 aliphatic rings. The van der Waals surface area contributed by atoms with Gasteiger partial charge in [-0.3, -0.25) is 0 Å². The Hall–Kier alpha value is -3.81. The maximum atomic E-state index is 12.4. The maximum Gasteiger partial charge on any atom is 0.349 e. The first-order valence-corrected chi connectivity index (χ1v) is 8.07. The third kappa shape index (κ3) is 2.58. The molecule has 0 saturated carbocycles. The van der Waals surface area contributed by atoms with Crippen LogP contribution in [0.2, 0.25) is 0 Å². The zero-order valence-electron chi connectivity index (χ0n) is 14.1. The standard InChI is InChI=1S/C19H12N2O6/c1-23-12-4-2-10-6-13(19(22)26-15(10)8-12)18-20-17(21-27-18)11-3-5-14-16(7-11)25-9-24-14/h2-8H,9H2,1H3. The van der Waals surface area contributed by atoms with Crippen LogP contribution in [0.15, 0.2) is 56.2 Å². The van der Waals surface area contributed by atoms with Gasteiger partial charge in [-0.15, -0.1) is 0 Å². The van der Waals surface area contributed by atoms with E-state index in [2.05, 4.69) is 10.1 Å². The second kappa shape index (κ2) is 5.87. The van der Waals surface area contributed by atoms with Gasteiger partial charge in [-0.1, -0.05) is 5.16 Å². The van der Waals surface area contributed by atoms with Crippen molar-refractivity contribution in [3.8, 4) is 40.1 Å². The molecule has 0 radical (unpaired) electrons. The van der Waals surface area contributed by atoms with E-state index in [9.17, 15) is 4.79 Å². The van der Waals surface area contributed by atoms with E-state index in [-0.39, 0.29) is 18.2 Å². The Labute approximate surface area is 151 Å². The summed E-state index contributed by atoms with van der Waals surface area (Å²) < 4.78 is 26.4. The monoisotopic (exact) mass is 364 g/mol. The molecular formula is C19H12N2O6. The molecule has 0 bridgehead atoms. The molecule has 2 aromatic carbocycles. The van der Waals surface area contributed by atoms with E-state index >= 15 is 0 Å². The fraction of sp³-hybridized carbons (Fsp3) is 0.105. The largest absolute Gasteiger partial charge is 0.497 e. The minimum Gasteiger partial charge on any atom is -0.497 e. The lowest BCUT2D eigenvalue weighted by atomic mass is 10.1. The number of aromatic nitrogens is 2. The minimum atomic E-state index is -0.573. The second-order valence-electron chi connectivity index (χ2n) is 5.84. The number of benzene rings is 2. The van der Waals surface area contributed by atoms with E-state index in [1.54, 1.807) is 49.6 Å². The molecule has 0 aliphatic carbocycles. The van der Waals surface area contributed by atoms with Crippen molar-refractivity contribution < 1.29 is 23.2 Å². The summed E-state index contributed by atoms with van der Waals surface area (Å²) in [6, 6.07) is 12.2. The highest BCUT2D eigenvalue weighted by Gasteiger charge is 2.19. The highest BCUT2D eigenvalue weighted by atomic mass is 16.7. The molecule has 1 aliphatic heterocycles. The fourth-order valence-electron chi connectivity index (χ4n) is 2.85. The van der Waals surface area contributed by atoms with Gasteiger partial charge in [0.1, 0.15) is 16.9 Å². The Morgan fingerprint density at radius 3 is 2.81 bits per heavy atom. The summed E-state index contributed by atoms with van der Waals surface area (Å²) in [5.74, 6) is 2.28. The summed E-state index contributed by atoms with van der Waals surface area (Å²) in [5.41, 5.74) is 0.714. The first-order valence-electron chi connectivity index (χ1n) is 8.07. The van der Waals surface area contributed by atoms with Gasteiger partial charge in [-0.05, 0) is 36.4 Å². The predicted molar refractivity (Wildman–Crippen MR) is 93.9 cm³/mol. The average Bonchev–Trinajstić information content (AvgIpc) is 3.35. The van der Waals surface area contributed by atoms with E-state index in [4.69, 9.17) is 23.2 Å². The summed E-state index contributed by atoms with van der Waals surface area (Å²) in [5, 5.41) is 4.67. The summed E-state index contributed by atoms with van der Waals surface area (Å²) in [6.45, 7) is 0.180. The summed E-state index contributed by atoms with van der Waals surface area (Å²) in [4.78, 5) is 16.7. The minimum absolute atomic E-state index is 0.0779. The van der Waals surface area contributed by atoms with Crippen LogP contribution < -0.4 is 19.8 Å². The smallest absolute Gasteiger partial charge is 0.349 e. The van der Waals surface area contributed by atoms with Crippen molar-refractivity contribution in [2.75, 3.05) is 13.9 Å². The van der Waals surface area contributed by atoms with Crippen molar-refractivity contribution in [2.24, 2.45) is 0 Å². The van der Waals surface area contributed by atoms with Crippen molar-refractivity contribution in [3.63, 3.8) is 0 Å². The Morgan fingerprint density at radius 1 is 1.04 bits per heavy atom. The zero-order valence-corrected chi connectivity index (χ0v) is 14.1. The van der Waals surface area contributed by atoms with Gasteiger partial charge in [-0.25, -0.2) is 4.79 Å². The van der Waals surface area contributed by atoms with Gasteiger partial charge in [-0.2, -0.15) is 4.98 Å². The van der Waals surface area contributed by atoms with E-state index in [1.165, 1.54) is 0 Å². The average molecular weight is 364 g/mol. The molecule has 0 N–H and O–H groups in total. The summed E-state index contributed by atoms with van der Waals surface area (Å²) >= 11 is 0. The van der Waals surface area contributed by atoms with Crippen molar-refractivity contribution in [2.45, 2.75) is 0 Å². The topological polar surface area (TPSA) is 96.8 Å². The second-order valence-corrected chi connectivity index (χ2v) is 5.84. The van der Waals surface area contributed by atoms with Crippen LogP contribution in [0.4, 0.5) is 0 Å². The molecule has 0 saturated heterocycles. The van der Waals surface area contributed by atoms with Crippen LogP contribution in [0.5, 0.6) is 17.2 Å². The highest BCUT2D eigenvalue weighted by Crippen LogP contribution is 2.35. The van der Waals surface area contributed by atoms with Gasteiger partial charge >= 0.3 is 5.63 Å². The lowest BCUT2D eigenvalue weighted by Crippen LogP contribution is -2.03. The Bertz CT molecular complexity index is 1230. The molecule has 0 amide bonds. The predicted octanol–water partition coefficient (Wildman–Crippen LogP) is 3.25. The first-order chi connectivity index (χ1) is 13.2. The normalized spacial score (nSPS) is 12.5. The van der Waals surface area contributed by atoms with Gasteiger partial charge in [0, 0.05) is 17.0 Å². The highest BCUT2D eigenvalue weighted by molar-refractivity contribution is 5.81. The van der Waals surface area contributed by atoms with Crippen molar-refractivity contribution >= 4 is 11.0 Å². The number of methoxy groups -OCH3 is 1. The molecule has 27 heavy (non-hydrogen) atoms. The molecule has 8 heteroatoms. The summed E-state index contributed by atoms with van der Waals surface area (Å²) in [7, 11) is 1.55. The Morgan fingerprint density at radius 2 is 1.93 bits per heavy atom. The molecule has 4 aromatic rings. The van der Waals surface area contributed by atoms with Crippen molar-refractivity contribution in [1.82, 2.24) is 10.1 Å². The number of hydrogen-bond acceptors (Lipinski definition) is 8. The molecule has 8 nitrogen and oxygen atoms in total. The molecule has 0 unspecified atom stereocenters. The molecular weight excluding hydrogens is 352 g/mol. The van der Waals surface area contributed by atoms with E-state index in [0.29, 0.717) is 39.6 Å². The van der Waals surface area contributed by atoms with Gasteiger partial charge in [0.2, 0.25) is 12.6 Å². The van der Waals surface area contributed by atoms with Crippen LogP contribution in [0, 0.1) is 0 Å². The molecule has 3 heterocycles. The number of ether oxygens (including phenoxy) is 3. The SMILES string of the molecule is COc1ccc2cc(-c3nc(-c4ccc5c(c4)OCO5)no3)c(=O)oc2c1. The van der Waals surface area contributed by atoms with Crippen LogP contribution in [0.25, 0.3) is 33.8 Å². The molecule has 0 fully saturated rings. The van der Waals surface area contributed by atoms with Crippen LogP contribution in [-0.4, -0.2) is 24.0 Å². The van der Waals surface area contributed by atoms with Crippen molar-refractivity contribution in [3.05, 3.63) is 52.9 Å². The first kappa shape index (κ1) is 15.4. The molecule has 134 valence electrons. The Balaban J connectivity index is 1.56. The van der Waals surface area contributed by atoms with Crippen LogP contribution in [0.3, 0.4) is 0 Å². The van der Waals surface area contributed by atoms with Crippen LogP contribution in [0.1, 0.15) is 0 Å². The van der Waals surface area contributed by atoms with E-state index < -0.39 is 5.63 Å². The number of hydrogen-bond donors (Lipinski definition) is 0. The molecule has 2 aromatic heterocycles. The quantitative estimate of drug-likeness (QED) is 0.511.